The minimum atomic E-state index is -0.280. The number of hydrogen-bond acceptors (Lipinski definition) is 4. The minimum absolute atomic E-state index is 0.145. The van der Waals surface area contributed by atoms with Gasteiger partial charge in [0.1, 0.15) is 11.6 Å². The number of nitrogens with zero attached hydrogens (tertiary/aromatic N) is 3. The number of hydrogen-bond donors (Lipinski definition) is 1. The van der Waals surface area contributed by atoms with Gasteiger partial charge in [-0.25, -0.2) is 14.8 Å². The zero-order chi connectivity index (χ0) is 17.4. The summed E-state index contributed by atoms with van der Waals surface area (Å²) in [7, 11) is 0. The van der Waals surface area contributed by atoms with Crippen molar-refractivity contribution in [2.75, 3.05) is 5.75 Å². The highest BCUT2D eigenvalue weighted by Gasteiger charge is 2.17. The molecule has 0 radical (unpaired) electrons. The van der Waals surface area contributed by atoms with Crippen molar-refractivity contribution in [3.05, 3.63) is 53.8 Å². The first kappa shape index (κ1) is 15.8. The fraction of sp³-hybridized carbons (Fsp3) is 0.167. The van der Waals surface area contributed by atoms with E-state index in [1.54, 1.807) is 6.07 Å². The van der Waals surface area contributed by atoms with Crippen LogP contribution >= 0.6 is 11.8 Å². The number of imidazole rings is 1. The van der Waals surface area contributed by atoms with Crippen LogP contribution in [0.25, 0.3) is 22.4 Å². The topological polar surface area (TPSA) is 59.3 Å². The number of benzene rings is 2. The molecule has 7 heteroatoms. The molecule has 3 aromatic rings. The zero-order valence-corrected chi connectivity index (χ0v) is 14.3. The Morgan fingerprint density at radius 1 is 1.24 bits per heavy atom. The summed E-state index contributed by atoms with van der Waals surface area (Å²) in [5, 5.41) is 3.97. The maximum Gasteiger partial charge on any atom is 0.299 e. The van der Waals surface area contributed by atoms with Crippen molar-refractivity contribution in [2.45, 2.75) is 13.5 Å². The molecule has 0 saturated heterocycles. The molecule has 0 bridgehead atoms. The normalized spacial score (nSPS) is 14.5. The molecule has 1 aliphatic heterocycles. The van der Waals surface area contributed by atoms with Crippen LogP contribution in [0.4, 0.5) is 9.18 Å². The maximum atomic E-state index is 13.6. The summed E-state index contributed by atoms with van der Waals surface area (Å²) in [6.45, 7) is 2.77. The van der Waals surface area contributed by atoms with Gasteiger partial charge in [0.15, 0.2) is 0 Å². The van der Waals surface area contributed by atoms with Crippen LogP contribution in [-0.2, 0) is 6.54 Å². The zero-order valence-electron chi connectivity index (χ0n) is 13.5. The van der Waals surface area contributed by atoms with E-state index in [-0.39, 0.29) is 11.1 Å². The molecule has 1 amide bonds. The second kappa shape index (κ2) is 6.33. The van der Waals surface area contributed by atoms with E-state index in [0.717, 1.165) is 40.2 Å². The molecule has 0 saturated carbocycles. The Hall–Kier alpha value is -2.67. The van der Waals surface area contributed by atoms with Gasteiger partial charge in [-0.15, -0.1) is 0 Å². The number of amides is 1. The van der Waals surface area contributed by atoms with E-state index in [4.69, 9.17) is 4.98 Å². The molecule has 5 nitrogen and oxygen atoms in total. The van der Waals surface area contributed by atoms with Gasteiger partial charge in [-0.1, -0.05) is 30.0 Å². The highest BCUT2D eigenvalue weighted by atomic mass is 32.2. The van der Waals surface area contributed by atoms with E-state index in [2.05, 4.69) is 15.1 Å². The van der Waals surface area contributed by atoms with E-state index in [9.17, 15) is 9.18 Å². The Kier molecular flexibility index (Phi) is 4.01. The SMILES string of the molecule is CCn1c(-c2cccc(F)c2)nc2cc(C3=NNC(=O)SC3)ccc21. The molecule has 1 N–H and O–H groups in total. The van der Waals surface area contributed by atoms with Crippen LogP contribution in [0.2, 0.25) is 0 Å². The minimum Gasteiger partial charge on any atom is -0.324 e. The number of carbonyl (C=O) groups is 1. The van der Waals surface area contributed by atoms with Crippen LogP contribution in [0, 0.1) is 5.82 Å². The second-order valence-electron chi connectivity index (χ2n) is 5.64. The molecular formula is C18H15FN4OS. The van der Waals surface area contributed by atoms with Gasteiger partial charge in [-0.2, -0.15) is 5.10 Å². The summed E-state index contributed by atoms with van der Waals surface area (Å²) < 4.78 is 15.7. The number of rotatable bonds is 3. The summed E-state index contributed by atoms with van der Waals surface area (Å²) in [4.78, 5) is 15.9. The van der Waals surface area contributed by atoms with Gasteiger partial charge in [0.2, 0.25) is 0 Å². The van der Waals surface area contributed by atoms with E-state index < -0.39 is 0 Å². The standard InChI is InChI=1S/C18H15FN4OS/c1-2-23-16-7-6-11(15-10-25-18(24)22-21-15)9-14(16)20-17(23)12-4-3-5-13(19)8-12/h3-9H,2,10H2,1H3,(H,22,24). The third kappa shape index (κ3) is 2.91. The Labute approximate surface area is 147 Å². The number of nitrogens with one attached hydrogen (secondary N) is 1. The number of aryl methyl sites for hydroxylation is 1. The number of aromatic nitrogens is 2. The van der Waals surface area contributed by atoms with Crippen molar-refractivity contribution in [1.82, 2.24) is 15.0 Å². The van der Waals surface area contributed by atoms with Gasteiger partial charge in [0, 0.05) is 23.4 Å². The highest BCUT2D eigenvalue weighted by molar-refractivity contribution is 8.14. The first-order valence-corrected chi connectivity index (χ1v) is 8.90. The summed E-state index contributed by atoms with van der Waals surface area (Å²) in [6.07, 6.45) is 0. The molecule has 0 aliphatic carbocycles. The van der Waals surface area contributed by atoms with Crippen LogP contribution in [0.1, 0.15) is 12.5 Å². The monoisotopic (exact) mass is 354 g/mol. The van der Waals surface area contributed by atoms with Gasteiger partial charge in [0.05, 0.1) is 16.7 Å². The molecule has 1 aliphatic rings. The predicted molar refractivity (Wildman–Crippen MR) is 98.3 cm³/mol. The highest BCUT2D eigenvalue weighted by Crippen LogP contribution is 2.27. The van der Waals surface area contributed by atoms with Crippen molar-refractivity contribution in [2.24, 2.45) is 5.10 Å². The lowest BCUT2D eigenvalue weighted by Crippen LogP contribution is -2.23. The third-order valence-electron chi connectivity index (χ3n) is 4.10. The molecule has 0 atom stereocenters. The number of carbonyl (C=O) groups excluding carboxylic acids is 1. The molecule has 2 aromatic carbocycles. The smallest absolute Gasteiger partial charge is 0.299 e. The molecular weight excluding hydrogens is 339 g/mol. The number of fused-ring (bicyclic) bond motifs is 1. The molecule has 0 fully saturated rings. The molecule has 2 heterocycles. The fourth-order valence-corrected chi connectivity index (χ4v) is 3.55. The Balaban J connectivity index is 1.82. The lowest BCUT2D eigenvalue weighted by atomic mass is 10.1. The first-order chi connectivity index (χ1) is 12.2. The lowest BCUT2D eigenvalue weighted by Gasteiger charge is -2.11. The Bertz CT molecular complexity index is 1010. The van der Waals surface area contributed by atoms with E-state index >= 15 is 0 Å². The third-order valence-corrected chi connectivity index (χ3v) is 4.87. The molecule has 1 aromatic heterocycles. The molecule has 126 valence electrons. The molecule has 0 unspecified atom stereocenters. The summed E-state index contributed by atoms with van der Waals surface area (Å²) in [5.41, 5.74) is 6.77. The van der Waals surface area contributed by atoms with Gasteiger partial charge in [-0.3, -0.25) is 4.79 Å². The Morgan fingerprint density at radius 2 is 2.12 bits per heavy atom. The van der Waals surface area contributed by atoms with Crippen molar-refractivity contribution in [3.63, 3.8) is 0 Å². The molecule has 25 heavy (non-hydrogen) atoms. The summed E-state index contributed by atoms with van der Waals surface area (Å²) >= 11 is 1.19. The quantitative estimate of drug-likeness (QED) is 0.773. The summed E-state index contributed by atoms with van der Waals surface area (Å²) in [6, 6.07) is 12.4. The fourth-order valence-electron chi connectivity index (χ4n) is 2.94. The van der Waals surface area contributed by atoms with Crippen molar-refractivity contribution < 1.29 is 9.18 Å². The van der Waals surface area contributed by atoms with Gasteiger partial charge in [0.25, 0.3) is 5.24 Å². The largest absolute Gasteiger partial charge is 0.324 e. The number of halogens is 1. The van der Waals surface area contributed by atoms with Gasteiger partial charge in [-0.05, 0) is 31.2 Å². The van der Waals surface area contributed by atoms with Crippen LogP contribution in [0.5, 0.6) is 0 Å². The van der Waals surface area contributed by atoms with E-state index in [0.29, 0.717) is 5.75 Å². The Morgan fingerprint density at radius 3 is 2.84 bits per heavy atom. The van der Waals surface area contributed by atoms with Crippen molar-refractivity contribution in [1.29, 1.82) is 0 Å². The van der Waals surface area contributed by atoms with E-state index in [1.165, 1.54) is 23.9 Å². The number of hydrazone groups is 1. The number of thioether (sulfide) groups is 1. The lowest BCUT2D eigenvalue weighted by molar-refractivity contribution is 0.261. The van der Waals surface area contributed by atoms with Gasteiger partial charge < -0.3 is 4.57 Å². The van der Waals surface area contributed by atoms with E-state index in [1.807, 2.05) is 31.2 Å². The predicted octanol–water partition coefficient (Wildman–Crippen LogP) is 4.02. The van der Waals surface area contributed by atoms with Crippen LogP contribution in [-0.4, -0.2) is 26.3 Å². The van der Waals surface area contributed by atoms with Crippen LogP contribution in [0.15, 0.2) is 47.6 Å². The maximum absolute atomic E-state index is 13.6. The second-order valence-corrected chi connectivity index (χ2v) is 6.59. The van der Waals surface area contributed by atoms with Crippen LogP contribution in [0.3, 0.4) is 0 Å². The average molecular weight is 354 g/mol. The first-order valence-electron chi connectivity index (χ1n) is 7.91. The molecule has 0 spiro atoms. The van der Waals surface area contributed by atoms with Crippen molar-refractivity contribution >= 4 is 33.7 Å². The average Bonchev–Trinajstić information content (AvgIpc) is 3.00. The van der Waals surface area contributed by atoms with Crippen molar-refractivity contribution in [3.8, 4) is 11.4 Å². The summed E-state index contributed by atoms with van der Waals surface area (Å²) in [5.74, 6) is 0.988. The molecule has 4 rings (SSSR count). The van der Waals surface area contributed by atoms with Crippen LogP contribution < -0.4 is 5.43 Å². The van der Waals surface area contributed by atoms with Gasteiger partial charge >= 0.3 is 0 Å².